The number of rotatable bonds is 6. The summed E-state index contributed by atoms with van der Waals surface area (Å²) in [5.41, 5.74) is 5.38. The molecule has 1 aliphatic rings. The number of nitrogens with zero attached hydrogens (tertiary/aromatic N) is 2. The molecule has 1 saturated carbocycles. The third kappa shape index (κ3) is 4.12. The van der Waals surface area contributed by atoms with Crippen molar-refractivity contribution in [1.82, 2.24) is 9.97 Å². The second kappa shape index (κ2) is 8.26. The van der Waals surface area contributed by atoms with Gasteiger partial charge in [0.15, 0.2) is 0 Å². The lowest BCUT2D eigenvalue weighted by Crippen LogP contribution is -2.11. The highest BCUT2D eigenvalue weighted by Gasteiger charge is 2.63. The molecule has 0 spiro atoms. The highest BCUT2D eigenvalue weighted by molar-refractivity contribution is 5.79. The Morgan fingerprint density at radius 3 is 2.35 bits per heavy atom. The fraction of sp³-hybridized carbons (Fsp3) is 0.370. The molecule has 160 valence electrons. The summed E-state index contributed by atoms with van der Waals surface area (Å²) in [5.74, 6) is 0.899. The van der Waals surface area contributed by atoms with Crippen molar-refractivity contribution in [3.63, 3.8) is 0 Å². The second-order valence-electron chi connectivity index (χ2n) is 9.37. The van der Waals surface area contributed by atoms with Crippen LogP contribution in [0.3, 0.4) is 0 Å². The molecule has 0 saturated heterocycles. The molecule has 2 atom stereocenters. The first-order valence-electron chi connectivity index (χ1n) is 10.9. The smallest absolute Gasteiger partial charge is 0.310 e. The molecule has 0 unspecified atom stereocenters. The van der Waals surface area contributed by atoms with Crippen LogP contribution in [0.4, 0.5) is 0 Å². The molecule has 0 aliphatic heterocycles. The maximum Gasteiger partial charge on any atom is 0.310 e. The van der Waals surface area contributed by atoms with E-state index < -0.39 is 0 Å². The monoisotopic (exact) mass is 414 g/mol. The van der Waals surface area contributed by atoms with E-state index in [9.17, 15) is 4.79 Å². The van der Waals surface area contributed by atoms with Gasteiger partial charge in [-0.25, -0.2) is 9.97 Å². The van der Waals surface area contributed by atoms with Gasteiger partial charge in [-0.3, -0.25) is 4.79 Å². The van der Waals surface area contributed by atoms with Gasteiger partial charge in [0.1, 0.15) is 12.4 Å². The molecule has 4 heteroatoms. The number of ether oxygens (including phenoxy) is 1. The highest BCUT2D eigenvalue weighted by atomic mass is 16.5. The third-order valence-corrected chi connectivity index (χ3v) is 6.55. The van der Waals surface area contributed by atoms with Gasteiger partial charge >= 0.3 is 5.97 Å². The van der Waals surface area contributed by atoms with E-state index in [2.05, 4.69) is 62.8 Å². The van der Waals surface area contributed by atoms with Crippen LogP contribution in [-0.2, 0) is 16.1 Å². The minimum Gasteiger partial charge on any atom is -0.461 e. The van der Waals surface area contributed by atoms with E-state index in [4.69, 9.17) is 4.74 Å². The first-order chi connectivity index (χ1) is 14.8. The summed E-state index contributed by atoms with van der Waals surface area (Å²) < 4.78 is 5.79. The molecule has 0 radical (unpaired) electrons. The van der Waals surface area contributed by atoms with Gasteiger partial charge in [0.25, 0.3) is 0 Å². The van der Waals surface area contributed by atoms with Crippen LogP contribution in [-0.4, -0.2) is 15.9 Å². The van der Waals surface area contributed by atoms with Gasteiger partial charge in [-0.1, -0.05) is 76.2 Å². The largest absolute Gasteiger partial charge is 0.461 e. The van der Waals surface area contributed by atoms with E-state index >= 15 is 0 Å². The van der Waals surface area contributed by atoms with Crippen molar-refractivity contribution in [1.29, 1.82) is 0 Å². The quantitative estimate of drug-likeness (QED) is 0.460. The first-order valence-corrected chi connectivity index (χ1v) is 10.9. The summed E-state index contributed by atoms with van der Waals surface area (Å²) in [6.07, 6.45) is 3.74. The number of benzene rings is 2. The molecule has 0 amide bonds. The summed E-state index contributed by atoms with van der Waals surface area (Å²) in [4.78, 5) is 21.9. The zero-order valence-electron chi connectivity index (χ0n) is 18.9. The molecule has 3 aromatic rings. The molecule has 1 aliphatic carbocycles. The molecule has 2 aromatic carbocycles. The predicted octanol–water partition coefficient (Wildman–Crippen LogP) is 6.06. The molecule has 0 N–H and O–H groups in total. The van der Waals surface area contributed by atoms with Crippen LogP contribution in [0.2, 0.25) is 0 Å². The van der Waals surface area contributed by atoms with Crippen LogP contribution in [0.5, 0.6) is 0 Å². The summed E-state index contributed by atoms with van der Waals surface area (Å²) in [6, 6.07) is 16.4. The van der Waals surface area contributed by atoms with E-state index in [1.54, 1.807) is 0 Å². The van der Waals surface area contributed by atoms with E-state index in [0.29, 0.717) is 0 Å². The third-order valence-electron chi connectivity index (χ3n) is 6.55. The summed E-state index contributed by atoms with van der Waals surface area (Å²) >= 11 is 0. The van der Waals surface area contributed by atoms with Crippen molar-refractivity contribution < 1.29 is 9.53 Å². The Morgan fingerprint density at radius 2 is 1.71 bits per heavy atom. The predicted molar refractivity (Wildman–Crippen MR) is 123 cm³/mol. The molecule has 1 fully saturated rings. The van der Waals surface area contributed by atoms with Crippen molar-refractivity contribution in [2.24, 2.45) is 11.3 Å². The van der Waals surface area contributed by atoms with Crippen LogP contribution in [0, 0.1) is 18.3 Å². The Bertz CT molecular complexity index is 1070. The van der Waals surface area contributed by atoms with Gasteiger partial charge in [-0.2, -0.15) is 0 Å². The Kier molecular flexibility index (Phi) is 5.65. The Balaban J connectivity index is 1.46. The molecule has 4 rings (SSSR count). The number of esters is 1. The van der Waals surface area contributed by atoms with Gasteiger partial charge in [0.05, 0.1) is 5.92 Å². The second-order valence-corrected chi connectivity index (χ2v) is 9.37. The van der Waals surface area contributed by atoms with Gasteiger partial charge in [-0.15, -0.1) is 0 Å². The highest BCUT2D eigenvalue weighted by Crippen LogP contribution is 2.64. The Labute approximate surface area is 184 Å². The van der Waals surface area contributed by atoms with Crippen molar-refractivity contribution in [3.8, 4) is 11.1 Å². The Morgan fingerprint density at radius 1 is 1.03 bits per heavy atom. The van der Waals surface area contributed by atoms with Crippen LogP contribution in [0.15, 0.2) is 60.9 Å². The molecule has 1 heterocycles. The number of carbonyl (C=O) groups excluding carboxylic acids is 1. The lowest BCUT2D eigenvalue weighted by molar-refractivity contribution is -0.147. The first kappa shape index (κ1) is 21.2. The number of hydrogen-bond donors (Lipinski definition) is 0. The zero-order valence-corrected chi connectivity index (χ0v) is 18.9. The van der Waals surface area contributed by atoms with Crippen LogP contribution in [0.1, 0.15) is 62.0 Å². The molecule has 31 heavy (non-hydrogen) atoms. The van der Waals surface area contributed by atoms with Gasteiger partial charge in [-0.05, 0) is 40.2 Å². The van der Waals surface area contributed by atoms with E-state index in [0.717, 1.165) is 22.5 Å². The fourth-order valence-corrected chi connectivity index (χ4v) is 4.52. The minimum atomic E-state index is -0.168. The zero-order chi connectivity index (χ0) is 22.2. The van der Waals surface area contributed by atoms with Crippen molar-refractivity contribution in [2.45, 2.75) is 53.1 Å². The average molecular weight is 415 g/mol. The molecule has 1 aromatic heterocycles. The van der Waals surface area contributed by atoms with Gasteiger partial charge in [0.2, 0.25) is 0 Å². The fourth-order valence-electron chi connectivity index (χ4n) is 4.52. The lowest BCUT2D eigenvalue weighted by atomic mass is 9.97. The molecular formula is C27H30N2O2. The SMILES string of the molecule is Cc1c(COC(=O)[C@H]2[C@H](c3cnc(C(C)C)nc3)C2(C)C)cccc1-c1ccccc1. The van der Waals surface area contributed by atoms with E-state index in [1.807, 2.05) is 42.7 Å². The van der Waals surface area contributed by atoms with Crippen LogP contribution < -0.4 is 0 Å². The molecule has 4 nitrogen and oxygen atoms in total. The minimum absolute atomic E-state index is 0.0953. The summed E-state index contributed by atoms with van der Waals surface area (Å²) in [5, 5.41) is 0. The summed E-state index contributed by atoms with van der Waals surface area (Å²) in [6.45, 7) is 10.7. The molecule has 0 bridgehead atoms. The summed E-state index contributed by atoms with van der Waals surface area (Å²) in [7, 11) is 0. The van der Waals surface area contributed by atoms with Crippen LogP contribution in [0.25, 0.3) is 11.1 Å². The van der Waals surface area contributed by atoms with Crippen molar-refractivity contribution in [3.05, 3.63) is 83.4 Å². The van der Waals surface area contributed by atoms with E-state index in [-0.39, 0.29) is 35.7 Å². The maximum absolute atomic E-state index is 13.0. The van der Waals surface area contributed by atoms with Gasteiger partial charge < -0.3 is 4.74 Å². The number of hydrogen-bond acceptors (Lipinski definition) is 4. The normalized spacial score (nSPS) is 19.3. The van der Waals surface area contributed by atoms with E-state index in [1.165, 1.54) is 11.1 Å². The average Bonchev–Trinajstić information content (AvgIpc) is 3.35. The Hall–Kier alpha value is -3.01. The van der Waals surface area contributed by atoms with Crippen molar-refractivity contribution >= 4 is 5.97 Å². The van der Waals surface area contributed by atoms with Crippen LogP contribution >= 0.6 is 0 Å². The maximum atomic E-state index is 13.0. The number of carbonyl (C=O) groups is 1. The lowest BCUT2D eigenvalue weighted by Gasteiger charge is -2.12. The van der Waals surface area contributed by atoms with Gasteiger partial charge in [0, 0.05) is 24.2 Å². The molecular weight excluding hydrogens is 384 g/mol. The number of aromatic nitrogens is 2. The standard InChI is InChI=1S/C27H30N2O2/c1-17(2)25-28-14-21(15-29-25)23-24(27(23,4)5)26(30)31-16-20-12-9-13-22(18(20)3)19-10-7-6-8-11-19/h6-15,17,23-24H,16H2,1-5H3/t23-,24+/m0/s1. The topological polar surface area (TPSA) is 52.1 Å². The van der Waals surface area contributed by atoms with Crippen molar-refractivity contribution in [2.75, 3.05) is 0 Å².